The molecule has 626 valence electrons. The number of hydrogen-bond acceptors (Lipinski definition) is 8. The quantitative estimate of drug-likeness (QED) is 0.0269. The molecule has 0 amide bonds. The molecule has 13 heteroatoms. The van der Waals surface area contributed by atoms with Gasteiger partial charge < -0.3 is 39.4 Å². The van der Waals surface area contributed by atoms with Gasteiger partial charge in [0.1, 0.15) is 11.5 Å². The van der Waals surface area contributed by atoms with Gasteiger partial charge in [-0.25, -0.2) is 9.97 Å². The zero-order chi connectivity index (χ0) is 78.8. The van der Waals surface area contributed by atoms with Crippen molar-refractivity contribution in [2.75, 3.05) is 13.2 Å². The molecule has 0 aliphatic carbocycles. The maximum absolute atomic E-state index is 7.11. The third kappa shape index (κ3) is 28.5. The summed E-state index contributed by atoms with van der Waals surface area (Å²) in [5.74, 6) is 4.00. The van der Waals surface area contributed by atoms with Gasteiger partial charge in [-0.3, -0.25) is 0 Å². The first-order chi connectivity index (χ1) is 55.2. The molecule has 8 bridgehead atoms. The van der Waals surface area contributed by atoms with Crippen LogP contribution in [0.5, 0.6) is 11.5 Å². The molecule has 9 rings (SSSR count). The van der Waals surface area contributed by atoms with Crippen LogP contribution in [0.25, 0.3) is 89.7 Å². The van der Waals surface area contributed by atoms with E-state index in [1.807, 2.05) is 0 Å². The van der Waals surface area contributed by atoms with Gasteiger partial charge in [-0.1, -0.05) is 374 Å². The molecule has 0 radical (unpaired) electrons. The molecule has 2 aliphatic rings. The van der Waals surface area contributed by atoms with Crippen molar-refractivity contribution in [2.45, 2.75) is 428 Å². The van der Waals surface area contributed by atoms with Gasteiger partial charge in [0.15, 0.2) is 0 Å². The Balaban J connectivity index is 0.0000160. The molecule has 0 spiro atoms. The summed E-state index contributed by atoms with van der Waals surface area (Å²) in [5, 5.41) is 3.79. The van der Waals surface area contributed by atoms with Crippen molar-refractivity contribution in [1.82, 2.24) is 39.9 Å². The summed E-state index contributed by atoms with van der Waals surface area (Å²) < 4.78 is 15.8. The third-order valence-corrected chi connectivity index (χ3v) is 26.2. The SMILES string of the molecule is CCCCCCCCCCc1ccc(CCCCCCCCCC)c2c1-c1nc-2nc2[n-]c(nc3nc(nc4[n-]c(n1)c1c(CCCCCCCCCC)ccc(CCCCCCCCCC)c41)-c1c(CCCCCCCCCC)ccc(CCCCCCCCCC)c1-3)c1c(OCCCC)c(Br)c(Br)c(OCCCC)c21.[Ni+2]. The zero-order valence-electron chi connectivity index (χ0n) is 72.4. The molecule has 0 N–H and O–H groups in total. The maximum atomic E-state index is 7.11. The van der Waals surface area contributed by atoms with Crippen molar-refractivity contribution < 1.29 is 26.0 Å². The van der Waals surface area contributed by atoms with Crippen molar-refractivity contribution >= 4 is 76.0 Å². The predicted molar refractivity (Wildman–Crippen MR) is 488 cm³/mol. The molecule has 2 aliphatic heterocycles. The van der Waals surface area contributed by atoms with Crippen LogP contribution in [0.1, 0.15) is 423 Å². The average molecular weight is 1710 g/mol. The Morgan fingerprint density at radius 1 is 0.230 bits per heavy atom. The largest absolute Gasteiger partial charge is 2.00 e. The van der Waals surface area contributed by atoms with E-state index in [1.54, 1.807) is 0 Å². The molecule has 7 aromatic rings. The summed E-state index contributed by atoms with van der Waals surface area (Å²) in [7, 11) is 0. The number of benzene rings is 4. The first-order valence-corrected chi connectivity index (χ1v) is 48.8. The minimum absolute atomic E-state index is 0. The van der Waals surface area contributed by atoms with E-state index < -0.39 is 0 Å². The topological polar surface area (TPSA) is 124 Å². The number of fused-ring (bicyclic) bond motifs is 20. The molecule has 0 saturated heterocycles. The van der Waals surface area contributed by atoms with Crippen LogP contribution in [0.3, 0.4) is 0 Å². The maximum Gasteiger partial charge on any atom is 2.00 e. The Labute approximate surface area is 713 Å². The normalized spacial score (nSPS) is 11.9. The fraction of sp³-hybridized carbons (Fsp3) is 0.680. The van der Waals surface area contributed by atoms with Crippen LogP contribution in [0.4, 0.5) is 0 Å². The van der Waals surface area contributed by atoms with Gasteiger partial charge in [-0.15, -0.1) is 0 Å². The minimum atomic E-state index is 0. The molecule has 10 nitrogen and oxygen atoms in total. The summed E-state index contributed by atoms with van der Waals surface area (Å²) in [5.41, 5.74) is 14.5. The molecule has 0 unspecified atom stereocenters. The number of nitrogens with zero attached hydrogens (tertiary/aromatic N) is 8. The average Bonchev–Trinajstić information content (AvgIpc) is 1.57. The van der Waals surface area contributed by atoms with Gasteiger partial charge in [0, 0.05) is 55.6 Å². The molecule has 113 heavy (non-hydrogen) atoms. The Morgan fingerprint density at radius 2 is 0.416 bits per heavy atom. The Morgan fingerprint density at radius 3 is 0.637 bits per heavy atom. The van der Waals surface area contributed by atoms with E-state index in [1.165, 1.54) is 303 Å². The van der Waals surface area contributed by atoms with Gasteiger partial charge in [-0.05, 0) is 166 Å². The molecule has 5 heterocycles. The molecule has 0 atom stereocenters. The number of ether oxygens (including phenoxy) is 2. The van der Waals surface area contributed by atoms with E-state index in [2.05, 4.69) is 124 Å². The summed E-state index contributed by atoms with van der Waals surface area (Å²) in [6.07, 6.45) is 69.6. The second kappa shape index (κ2) is 54.4. The van der Waals surface area contributed by atoms with E-state index in [4.69, 9.17) is 49.3 Å². The van der Waals surface area contributed by atoms with Crippen LogP contribution in [-0.2, 0) is 55.0 Å². The number of aromatic nitrogens is 8. The predicted octanol–water partition coefficient (Wildman–Crippen LogP) is 32.1. The number of aryl methyl sites for hydroxylation is 6. The van der Waals surface area contributed by atoms with Crippen molar-refractivity contribution in [2.24, 2.45) is 0 Å². The molecular formula is C100H150Br2N8NiO2. The zero-order valence-corrected chi connectivity index (χ0v) is 76.5. The van der Waals surface area contributed by atoms with Crippen molar-refractivity contribution in [3.8, 4) is 57.1 Å². The summed E-state index contributed by atoms with van der Waals surface area (Å²) in [4.78, 5) is 47.7. The number of rotatable bonds is 62. The van der Waals surface area contributed by atoms with Gasteiger partial charge >= 0.3 is 16.5 Å². The first-order valence-electron chi connectivity index (χ1n) is 47.2. The minimum Gasteiger partial charge on any atom is -0.492 e. The van der Waals surface area contributed by atoms with E-state index >= 15 is 0 Å². The Bertz CT molecular complexity index is 3810. The monoisotopic (exact) mass is 1710 g/mol. The standard InChI is InChI=1S/C100H150Br2N8O2.Ni/c1-9-17-25-31-37-43-49-55-61-75-67-68-76(62-56-50-44-38-32-26-18-10-2)82-81(75)93-103-94(82)105-96-84-78(64-58-52-46-40-34-28-20-12-4)70-72-80(66-60-54-48-42-36-30-22-14-6)86(84)98(107-96)109-100-88-87(91(111-73-23-15-7)89(101)90(102)92(88)112-74-24-16-8)99(110-100)108-97-85-79(65-59-53-47-41-35-29-21-13-5)71-69-77(83(85)95(104-93)106-97)63-57-51-45-39-33-27-19-11-3;/h67-72H,9-66,73-74H2,1-8H3;/q-2;+2. The summed E-state index contributed by atoms with van der Waals surface area (Å²) in [6, 6.07) is 14.7. The molecule has 0 saturated carbocycles. The molecular weight excluding hydrogens is 1560 g/mol. The van der Waals surface area contributed by atoms with E-state index in [0.717, 1.165) is 167 Å². The first kappa shape index (κ1) is 93.8. The van der Waals surface area contributed by atoms with Crippen molar-refractivity contribution in [1.29, 1.82) is 0 Å². The second-order valence-electron chi connectivity index (χ2n) is 33.7. The number of unbranched alkanes of at least 4 members (excludes halogenated alkanes) is 44. The van der Waals surface area contributed by atoms with Gasteiger partial charge in [0.25, 0.3) is 0 Å². The van der Waals surface area contributed by atoms with Crippen molar-refractivity contribution in [3.63, 3.8) is 0 Å². The van der Waals surface area contributed by atoms with Gasteiger partial charge in [0.05, 0.1) is 45.5 Å². The van der Waals surface area contributed by atoms with Crippen LogP contribution in [0, 0.1) is 0 Å². The Hall–Kier alpha value is -4.71. The number of halogens is 2. The smallest absolute Gasteiger partial charge is 0.492 e. The van der Waals surface area contributed by atoms with Crippen LogP contribution in [-0.4, -0.2) is 43.1 Å². The van der Waals surface area contributed by atoms with E-state index in [-0.39, 0.29) is 16.5 Å². The van der Waals surface area contributed by atoms with E-state index in [9.17, 15) is 0 Å². The van der Waals surface area contributed by atoms with Crippen LogP contribution >= 0.6 is 31.9 Å². The fourth-order valence-corrected chi connectivity index (χ4v) is 18.4. The molecule has 0 fully saturated rings. The molecule has 4 aromatic carbocycles. The fourth-order valence-electron chi connectivity index (χ4n) is 17.4. The third-order valence-electron chi connectivity index (χ3n) is 24.2. The van der Waals surface area contributed by atoms with Crippen molar-refractivity contribution in [3.05, 3.63) is 78.7 Å². The van der Waals surface area contributed by atoms with Gasteiger partial charge in [0.2, 0.25) is 0 Å². The van der Waals surface area contributed by atoms with E-state index in [0.29, 0.717) is 59.3 Å². The van der Waals surface area contributed by atoms with Crippen LogP contribution < -0.4 is 19.4 Å². The number of hydrogen-bond donors (Lipinski definition) is 0. The summed E-state index contributed by atoms with van der Waals surface area (Å²) in [6.45, 7) is 19.4. The summed E-state index contributed by atoms with van der Waals surface area (Å²) >= 11 is 8.31. The van der Waals surface area contributed by atoms with Gasteiger partial charge in [-0.2, -0.15) is 0 Å². The second-order valence-corrected chi connectivity index (χ2v) is 35.3. The van der Waals surface area contributed by atoms with Crippen LogP contribution in [0.2, 0.25) is 0 Å². The van der Waals surface area contributed by atoms with Crippen LogP contribution in [0.15, 0.2) is 45.3 Å². The Kier molecular flexibility index (Phi) is 45.1. The molecule has 3 aromatic heterocycles.